The van der Waals surface area contributed by atoms with Crippen molar-refractivity contribution in [2.45, 2.75) is 18.9 Å². The summed E-state index contributed by atoms with van der Waals surface area (Å²) in [6.45, 7) is 1.64. The Labute approximate surface area is 107 Å². The molecule has 1 aromatic rings. The van der Waals surface area contributed by atoms with Crippen LogP contribution >= 0.6 is 0 Å². The van der Waals surface area contributed by atoms with Gasteiger partial charge in [0.15, 0.2) is 0 Å². The third kappa shape index (κ3) is 1.97. The van der Waals surface area contributed by atoms with Gasteiger partial charge in [-0.3, -0.25) is 4.79 Å². The second-order valence-corrected chi connectivity index (χ2v) is 5.34. The smallest absolute Gasteiger partial charge is 0.245 e. The van der Waals surface area contributed by atoms with E-state index in [4.69, 9.17) is 5.73 Å². The molecule has 1 atom stereocenters. The second-order valence-electron chi connectivity index (χ2n) is 5.34. The lowest BCUT2D eigenvalue weighted by Crippen LogP contribution is -2.46. The van der Waals surface area contributed by atoms with Crippen LogP contribution < -0.4 is 15.5 Å². The largest absolute Gasteiger partial charge is 0.367 e. The van der Waals surface area contributed by atoms with Crippen LogP contribution in [0.4, 0.5) is 11.4 Å². The number of nitrogens with two attached hydrogens (primary N) is 1. The molecule has 1 fully saturated rings. The number of carbonyl (C=O) groups is 1. The third-order valence-corrected chi connectivity index (χ3v) is 3.82. The SMILES string of the molecule is CN1C(=O)[C@@H](N)CN(CC2CC2)c2ccccc21. The van der Waals surface area contributed by atoms with E-state index in [0.717, 1.165) is 23.8 Å². The monoisotopic (exact) mass is 245 g/mol. The zero-order valence-corrected chi connectivity index (χ0v) is 10.7. The number of carbonyl (C=O) groups excluding carboxylic acids is 1. The maximum Gasteiger partial charge on any atom is 0.245 e. The Bertz CT molecular complexity index is 470. The van der Waals surface area contributed by atoms with Gasteiger partial charge < -0.3 is 15.5 Å². The number of rotatable bonds is 2. The minimum Gasteiger partial charge on any atom is -0.367 e. The van der Waals surface area contributed by atoms with Gasteiger partial charge in [0.1, 0.15) is 6.04 Å². The summed E-state index contributed by atoms with van der Waals surface area (Å²) in [4.78, 5) is 16.1. The first kappa shape index (κ1) is 11.5. The van der Waals surface area contributed by atoms with Crippen LogP contribution in [0, 0.1) is 5.92 Å². The fourth-order valence-corrected chi connectivity index (χ4v) is 2.58. The van der Waals surface area contributed by atoms with Gasteiger partial charge in [-0.15, -0.1) is 0 Å². The number of para-hydroxylation sites is 2. The Morgan fingerprint density at radius 1 is 1.28 bits per heavy atom. The van der Waals surface area contributed by atoms with Gasteiger partial charge in [0.25, 0.3) is 0 Å². The lowest BCUT2D eigenvalue weighted by atomic mass is 10.2. The Morgan fingerprint density at radius 3 is 2.61 bits per heavy atom. The minimum absolute atomic E-state index is 0.000692. The van der Waals surface area contributed by atoms with Crippen LogP contribution in [-0.4, -0.2) is 32.1 Å². The summed E-state index contributed by atoms with van der Waals surface area (Å²) in [6.07, 6.45) is 2.61. The van der Waals surface area contributed by atoms with Crippen molar-refractivity contribution in [3.63, 3.8) is 0 Å². The summed E-state index contributed by atoms with van der Waals surface area (Å²) in [5.41, 5.74) is 8.10. The molecule has 18 heavy (non-hydrogen) atoms. The van der Waals surface area contributed by atoms with Gasteiger partial charge in [-0.1, -0.05) is 12.1 Å². The molecular weight excluding hydrogens is 226 g/mol. The molecule has 1 aliphatic heterocycles. The van der Waals surface area contributed by atoms with Crippen LogP contribution in [0.1, 0.15) is 12.8 Å². The Kier molecular flexibility index (Phi) is 2.74. The van der Waals surface area contributed by atoms with E-state index in [1.165, 1.54) is 12.8 Å². The summed E-state index contributed by atoms with van der Waals surface area (Å²) < 4.78 is 0. The molecule has 0 unspecified atom stereocenters. The van der Waals surface area contributed by atoms with Crippen LogP contribution in [0.5, 0.6) is 0 Å². The molecule has 1 saturated carbocycles. The highest BCUT2D eigenvalue weighted by Crippen LogP contribution is 2.36. The maximum absolute atomic E-state index is 12.1. The lowest BCUT2D eigenvalue weighted by Gasteiger charge is -2.25. The molecule has 1 amide bonds. The van der Waals surface area contributed by atoms with Gasteiger partial charge in [-0.05, 0) is 30.9 Å². The van der Waals surface area contributed by atoms with Gasteiger partial charge in [-0.2, -0.15) is 0 Å². The number of amides is 1. The van der Waals surface area contributed by atoms with Gasteiger partial charge in [0, 0.05) is 20.1 Å². The predicted molar refractivity (Wildman–Crippen MR) is 72.8 cm³/mol. The fourth-order valence-electron chi connectivity index (χ4n) is 2.58. The fraction of sp³-hybridized carbons (Fsp3) is 0.500. The molecule has 3 rings (SSSR count). The van der Waals surface area contributed by atoms with E-state index in [-0.39, 0.29) is 5.91 Å². The average molecular weight is 245 g/mol. The molecule has 0 saturated heterocycles. The molecule has 1 heterocycles. The molecule has 2 N–H and O–H groups in total. The van der Waals surface area contributed by atoms with Crippen molar-refractivity contribution in [1.29, 1.82) is 0 Å². The molecule has 1 aromatic carbocycles. The van der Waals surface area contributed by atoms with Crippen molar-refractivity contribution in [2.75, 3.05) is 29.9 Å². The number of nitrogens with zero attached hydrogens (tertiary/aromatic N) is 2. The van der Waals surface area contributed by atoms with Crippen LogP contribution in [-0.2, 0) is 4.79 Å². The molecule has 1 aliphatic carbocycles. The highest BCUT2D eigenvalue weighted by molar-refractivity contribution is 6.01. The number of hydrogen-bond acceptors (Lipinski definition) is 3. The van der Waals surface area contributed by atoms with E-state index < -0.39 is 6.04 Å². The summed E-state index contributed by atoms with van der Waals surface area (Å²) in [5, 5.41) is 0. The predicted octanol–water partition coefficient (Wildman–Crippen LogP) is 1.21. The zero-order valence-electron chi connectivity index (χ0n) is 10.7. The zero-order chi connectivity index (χ0) is 12.7. The van der Waals surface area contributed by atoms with Crippen molar-refractivity contribution in [3.05, 3.63) is 24.3 Å². The van der Waals surface area contributed by atoms with Crippen LogP contribution in [0.3, 0.4) is 0 Å². The molecule has 0 aromatic heterocycles. The molecule has 4 nitrogen and oxygen atoms in total. The third-order valence-electron chi connectivity index (χ3n) is 3.82. The lowest BCUT2D eigenvalue weighted by molar-refractivity contribution is -0.119. The molecule has 0 bridgehead atoms. The summed E-state index contributed by atoms with van der Waals surface area (Å²) in [6, 6.07) is 7.63. The first-order valence-corrected chi connectivity index (χ1v) is 6.54. The number of hydrogen-bond donors (Lipinski definition) is 1. The molecule has 2 aliphatic rings. The average Bonchev–Trinajstić information content (AvgIpc) is 3.19. The number of benzene rings is 1. The quantitative estimate of drug-likeness (QED) is 0.852. The molecule has 4 heteroatoms. The molecular formula is C14H19N3O. The van der Waals surface area contributed by atoms with E-state index in [2.05, 4.69) is 11.0 Å². The maximum atomic E-state index is 12.1. The van der Waals surface area contributed by atoms with Gasteiger partial charge >= 0.3 is 0 Å². The number of likely N-dealkylation sites (N-methyl/N-ethyl adjacent to an activating group) is 1. The van der Waals surface area contributed by atoms with Crippen molar-refractivity contribution in [1.82, 2.24) is 0 Å². The van der Waals surface area contributed by atoms with Crippen molar-refractivity contribution >= 4 is 17.3 Å². The van der Waals surface area contributed by atoms with E-state index in [1.807, 2.05) is 25.2 Å². The topological polar surface area (TPSA) is 49.6 Å². The Hall–Kier alpha value is -1.55. The van der Waals surface area contributed by atoms with E-state index >= 15 is 0 Å². The molecule has 96 valence electrons. The van der Waals surface area contributed by atoms with Gasteiger partial charge in [-0.25, -0.2) is 0 Å². The summed E-state index contributed by atoms with van der Waals surface area (Å²) >= 11 is 0. The second kappa shape index (κ2) is 4.28. The Morgan fingerprint density at radius 2 is 1.94 bits per heavy atom. The van der Waals surface area contributed by atoms with E-state index in [1.54, 1.807) is 4.90 Å². The number of fused-ring (bicyclic) bond motifs is 1. The van der Waals surface area contributed by atoms with E-state index in [0.29, 0.717) is 6.54 Å². The number of anilines is 2. The highest BCUT2D eigenvalue weighted by Gasteiger charge is 2.32. The van der Waals surface area contributed by atoms with Crippen LogP contribution in [0.25, 0.3) is 0 Å². The van der Waals surface area contributed by atoms with Crippen molar-refractivity contribution in [2.24, 2.45) is 11.7 Å². The standard InChI is InChI=1S/C14H19N3O/c1-16-12-4-2-3-5-13(12)17(8-10-6-7-10)9-11(15)14(16)18/h2-5,10-11H,6-9,15H2,1H3/t11-/m0/s1. The van der Waals surface area contributed by atoms with Crippen LogP contribution in [0.2, 0.25) is 0 Å². The highest BCUT2D eigenvalue weighted by atomic mass is 16.2. The first-order chi connectivity index (χ1) is 8.66. The van der Waals surface area contributed by atoms with Gasteiger partial charge in [0.2, 0.25) is 5.91 Å². The van der Waals surface area contributed by atoms with Crippen molar-refractivity contribution in [3.8, 4) is 0 Å². The molecule has 0 spiro atoms. The van der Waals surface area contributed by atoms with Gasteiger partial charge in [0.05, 0.1) is 11.4 Å². The normalized spacial score (nSPS) is 23.9. The summed E-state index contributed by atoms with van der Waals surface area (Å²) in [5.74, 6) is 0.782. The van der Waals surface area contributed by atoms with Crippen LogP contribution in [0.15, 0.2) is 24.3 Å². The minimum atomic E-state index is -0.429. The Balaban J connectivity index is 1.99. The van der Waals surface area contributed by atoms with Crippen molar-refractivity contribution < 1.29 is 4.79 Å². The molecule has 0 radical (unpaired) electrons. The van der Waals surface area contributed by atoms with E-state index in [9.17, 15) is 4.79 Å². The first-order valence-electron chi connectivity index (χ1n) is 6.54. The summed E-state index contributed by atoms with van der Waals surface area (Å²) in [7, 11) is 1.81.